The zero-order chi connectivity index (χ0) is 13.3. The van der Waals surface area contributed by atoms with Crippen LogP contribution in [-0.4, -0.2) is 56.3 Å². The van der Waals surface area contributed by atoms with Gasteiger partial charge < -0.3 is 9.47 Å². The van der Waals surface area contributed by atoms with Crippen molar-refractivity contribution < 1.29 is 22.7 Å². The monoisotopic (exact) mass is 265 g/mol. The molecule has 1 heterocycles. The molecule has 0 saturated carbocycles. The number of hydrogen-bond acceptors (Lipinski definition) is 5. The molecule has 0 aliphatic carbocycles. The zero-order valence-corrected chi connectivity index (χ0v) is 11.4. The van der Waals surface area contributed by atoms with Crippen molar-refractivity contribution in [3.05, 3.63) is 0 Å². The van der Waals surface area contributed by atoms with E-state index in [4.69, 9.17) is 4.74 Å². The van der Waals surface area contributed by atoms with Crippen LogP contribution in [0.3, 0.4) is 0 Å². The van der Waals surface area contributed by atoms with Crippen molar-refractivity contribution in [1.82, 2.24) is 4.31 Å². The van der Waals surface area contributed by atoms with Crippen molar-refractivity contribution in [1.29, 1.82) is 0 Å². The summed E-state index contributed by atoms with van der Waals surface area (Å²) in [5.74, 6) is -0.543. The second-order valence-corrected chi connectivity index (χ2v) is 7.55. The molecule has 0 amide bonds. The first kappa shape index (κ1) is 14.4. The van der Waals surface area contributed by atoms with E-state index in [1.54, 1.807) is 20.8 Å². The van der Waals surface area contributed by atoms with Gasteiger partial charge in [0.25, 0.3) is 0 Å². The number of ether oxygens (including phenoxy) is 2. The van der Waals surface area contributed by atoms with Crippen LogP contribution in [0, 0.1) is 0 Å². The zero-order valence-electron chi connectivity index (χ0n) is 10.6. The molecule has 1 atom stereocenters. The van der Waals surface area contributed by atoms with Gasteiger partial charge in [-0.15, -0.1) is 0 Å². The minimum Gasteiger partial charge on any atom is -0.467 e. The summed E-state index contributed by atoms with van der Waals surface area (Å²) in [4.78, 5) is 11.3. The molecule has 1 aliphatic rings. The predicted molar refractivity (Wildman–Crippen MR) is 62.0 cm³/mol. The normalized spacial score (nSPS) is 23.4. The van der Waals surface area contributed by atoms with Crippen LogP contribution in [0.4, 0.5) is 0 Å². The van der Waals surface area contributed by atoms with Crippen molar-refractivity contribution in [2.75, 3.05) is 26.8 Å². The van der Waals surface area contributed by atoms with E-state index in [1.165, 1.54) is 11.4 Å². The molecule has 0 bridgehead atoms. The maximum absolute atomic E-state index is 12.2. The molecule has 0 aromatic heterocycles. The van der Waals surface area contributed by atoms with Crippen molar-refractivity contribution in [3.63, 3.8) is 0 Å². The molecule has 1 unspecified atom stereocenters. The average molecular weight is 265 g/mol. The Morgan fingerprint density at radius 3 is 2.47 bits per heavy atom. The molecule has 1 rings (SSSR count). The lowest BCUT2D eigenvalue weighted by molar-refractivity contribution is -0.157. The molecule has 1 saturated heterocycles. The molecule has 100 valence electrons. The van der Waals surface area contributed by atoms with E-state index in [9.17, 15) is 13.2 Å². The minimum atomic E-state index is -3.43. The Morgan fingerprint density at radius 2 is 2.00 bits per heavy atom. The van der Waals surface area contributed by atoms with Crippen molar-refractivity contribution >= 4 is 16.0 Å². The Bertz CT molecular complexity index is 384. The van der Waals surface area contributed by atoms with Crippen LogP contribution in [0.5, 0.6) is 0 Å². The number of sulfonamides is 1. The quantitative estimate of drug-likeness (QED) is 0.657. The maximum atomic E-state index is 12.2. The highest BCUT2D eigenvalue weighted by molar-refractivity contribution is 7.90. The van der Waals surface area contributed by atoms with Crippen LogP contribution in [0.1, 0.15) is 20.8 Å². The van der Waals surface area contributed by atoms with Crippen molar-refractivity contribution in [3.8, 4) is 0 Å². The fraction of sp³-hybridized carbons (Fsp3) is 0.900. The number of morpholine rings is 1. The Morgan fingerprint density at radius 1 is 1.41 bits per heavy atom. The summed E-state index contributed by atoms with van der Waals surface area (Å²) < 4.78 is 34.5. The highest BCUT2D eigenvalue weighted by atomic mass is 32.2. The fourth-order valence-electron chi connectivity index (χ4n) is 1.51. The molecule has 1 fully saturated rings. The van der Waals surface area contributed by atoms with Gasteiger partial charge in [-0.1, -0.05) is 0 Å². The van der Waals surface area contributed by atoms with Crippen LogP contribution >= 0.6 is 0 Å². The summed E-state index contributed by atoms with van der Waals surface area (Å²) in [5, 5.41) is 0. The van der Waals surface area contributed by atoms with E-state index in [1.807, 2.05) is 0 Å². The maximum Gasteiger partial charge on any atom is 0.336 e. The minimum absolute atomic E-state index is 0.0201. The highest BCUT2D eigenvalue weighted by Crippen LogP contribution is 2.22. The van der Waals surface area contributed by atoms with E-state index < -0.39 is 26.8 Å². The van der Waals surface area contributed by atoms with E-state index in [0.717, 1.165) is 0 Å². The van der Waals surface area contributed by atoms with E-state index in [-0.39, 0.29) is 19.7 Å². The van der Waals surface area contributed by atoms with Gasteiger partial charge in [0.1, 0.15) is 0 Å². The molecule has 6 nitrogen and oxygen atoms in total. The SMILES string of the molecule is COC(=O)C1CN(S(=O)(=O)C(C)(C)C)CCO1. The van der Waals surface area contributed by atoms with Gasteiger partial charge in [0, 0.05) is 6.54 Å². The second-order valence-electron chi connectivity index (χ2n) is 4.86. The van der Waals surface area contributed by atoms with Gasteiger partial charge in [0.2, 0.25) is 10.0 Å². The van der Waals surface area contributed by atoms with Gasteiger partial charge in [-0.3, -0.25) is 0 Å². The van der Waals surface area contributed by atoms with Crippen LogP contribution < -0.4 is 0 Å². The summed E-state index contributed by atoms with van der Waals surface area (Å²) in [6, 6.07) is 0. The Labute approximate surface area is 102 Å². The second kappa shape index (κ2) is 4.91. The first-order chi connectivity index (χ1) is 7.70. The van der Waals surface area contributed by atoms with Crippen LogP contribution in [0.2, 0.25) is 0 Å². The number of methoxy groups -OCH3 is 1. The van der Waals surface area contributed by atoms with Gasteiger partial charge >= 0.3 is 5.97 Å². The molecular weight excluding hydrogens is 246 g/mol. The molecule has 7 heteroatoms. The average Bonchev–Trinajstić information content (AvgIpc) is 2.26. The van der Waals surface area contributed by atoms with Crippen LogP contribution in [0.15, 0.2) is 0 Å². The third-order valence-corrected chi connectivity index (χ3v) is 5.17. The van der Waals surface area contributed by atoms with E-state index in [0.29, 0.717) is 0 Å². The summed E-state index contributed by atoms with van der Waals surface area (Å²) in [6.45, 7) is 5.38. The first-order valence-electron chi connectivity index (χ1n) is 5.39. The van der Waals surface area contributed by atoms with Crippen LogP contribution in [0.25, 0.3) is 0 Å². The number of hydrogen-bond donors (Lipinski definition) is 0. The lowest BCUT2D eigenvalue weighted by Crippen LogP contribution is -2.53. The summed E-state index contributed by atoms with van der Waals surface area (Å²) >= 11 is 0. The topological polar surface area (TPSA) is 72.9 Å². The van der Waals surface area contributed by atoms with Crippen LogP contribution in [-0.2, 0) is 24.3 Å². The number of esters is 1. The molecule has 0 radical (unpaired) electrons. The number of nitrogens with zero attached hydrogens (tertiary/aromatic N) is 1. The van der Waals surface area contributed by atoms with Gasteiger partial charge in [0.15, 0.2) is 6.10 Å². The van der Waals surface area contributed by atoms with Crippen molar-refractivity contribution in [2.45, 2.75) is 31.6 Å². The third kappa shape index (κ3) is 2.97. The fourth-order valence-corrected chi connectivity index (χ4v) is 2.93. The number of carbonyl (C=O) groups excluding carboxylic acids is 1. The largest absolute Gasteiger partial charge is 0.467 e. The molecule has 0 spiro atoms. The Kier molecular flexibility index (Phi) is 4.16. The van der Waals surface area contributed by atoms with Gasteiger partial charge in [0.05, 0.1) is 25.0 Å². The lowest BCUT2D eigenvalue weighted by atomic mass is 10.3. The predicted octanol–water partition coefficient (Wildman–Crippen LogP) is -0.0115. The highest BCUT2D eigenvalue weighted by Gasteiger charge is 2.40. The third-order valence-electron chi connectivity index (χ3n) is 2.61. The lowest BCUT2D eigenvalue weighted by Gasteiger charge is -2.35. The summed E-state index contributed by atoms with van der Waals surface area (Å²) in [5.41, 5.74) is 0. The van der Waals surface area contributed by atoms with Crippen molar-refractivity contribution in [2.24, 2.45) is 0 Å². The Balaban J connectivity index is 2.84. The molecule has 0 aromatic carbocycles. The molecule has 0 aromatic rings. The molecule has 1 aliphatic heterocycles. The van der Waals surface area contributed by atoms with E-state index in [2.05, 4.69) is 4.74 Å². The molecule has 0 N–H and O–H groups in total. The standard InChI is InChI=1S/C10H19NO5S/c1-10(2,3)17(13,14)11-5-6-16-8(7-11)9(12)15-4/h8H,5-7H2,1-4H3. The smallest absolute Gasteiger partial charge is 0.336 e. The molecule has 17 heavy (non-hydrogen) atoms. The summed E-state index contributed by atoms with van der Waals surface area (Å²) in [6.07, 6.45) is -0.828. The number of carbonyl (C=O) groups is 1. The Hall–Kier alpha value is -0.660. The molecular formula is C10H19NO5S. The van der Waals surface area contributed by atoms with Gasteiger partial charge in [-0.25, -0.2) is 13.2 Å². The van der Waals surface area contributed by atoms with Gasteiger partial charge in [-0.2, -0.15) is 4.31 Å². The first-order valence-corrected chi connectivity index (χ1v) is 6.83. The number of rotatable bonds is 2. The van der Waals surface area contributed by atoms with E-state index >= 15 is 0 Å². The summed E-state index contributed by atoms with van der Waals surface area (Å²) in [7, 11) is -2.18. The van der Waals surface area contributed by atoms with Gasteiger partial charge in [-0.05, 0) is 20.8 Å².